The minimum absolute atomic E-state index is 0. The third-order valence-electron chi connectivity index (χ3n) is 3.79. The molecule has 0 unspecified atom stereocenters. The van der Waals surface area contributed by atoms with Gasteiger partial charge in [0.2, 0.25) is 0 Å². The lowest BCUT2D eigenvalue weighted by atomic mass is 10.0. The number of thiazole rings is 1. The molecule has 1 aromatic heterocycles. The molecule has 0 bridgehead atoms. The first-order chi connectivity index (χ1) is 12.1. The molecule has 0 saturated heterocycles. The Morgan fingerprint density at radius 1 is 1.23 bits per heavy atom. The van der Waals surface area contributed by atoms with Crippen LogP contribution in [-0.2, 0) is 13.0 Å². The van der Waals surface area contributed by atoms with Crippen LogP contribution in [0.15, 0.2) is 35.5 Å². The predicted octanol–water partition coefficient (Wildman–Crippen LogP) is 4.19. The lowest BCUT2D eigenvalue weighted by Gasteiger charge is -2.12. The van der Waals surface area contributed by atoms with Crippen molar-refractivity contribution in [3.63, 3.8) is 0 Å². The largest absolute Gasteiger partial charge is 0.492 e. The molecule has 0 aliphatic heterocycles. The fourth-order valence-electron chi connectivity index (χ4n) is 2.26. The molecule has 144 valence electrons. The van der Waals surface area contributed by atoms with Crippen LogP contribution in [0.5, 0.6) is 5.75 Å². The molecule has 0 aliphatic carbocycles. The van der Waals surface area contributed by atoms with Gasteiger partial charge in [-0.25, -0.2) is 4.98 Å². The van der Waals surface area contributed by atoms with E-state index in [9.17, 15) is 0 Å². The maximum atomic E-state index is 5.76. The Hall–Kier alpha value is -1.35. The van der Waals surface area contributed by atoms with E-state index in [-0.39, 0.29) is 24.0 Å². The molecule has 0 aliphatic rings. The minimum atomic E-state index is 0. The molecular formula is C19H29IN4OS. The summed E-state index contributed by atoms with van der Waals surface area (Å²) in [5.74, 6) is 2.19. The topological polar surface area (TPSA) is 58.5 Å². The van der Waals surface area contributed by atoms with Crippen molar-refractivity contribution in [2.45, 2.75) is 39.7 Å². The molecule has 2 rings (SSSR count). The van der Waals surface area contributed by atoms with Crippen molar-refractivity contribution in [2.75, 3.05) is 20.2 Å². The molecule has 0 spiro atoms. The molecule has 0 atom stereocenters. The number of rotatable bonds is 8. The van der Waals surface area contributed by atoms with Crippen LogP contribution < -0.4 is 15.4 Å². The van der Waals surface area contributed by atoms with E-state index < -0.39 is 0 Å². The second kappa shape index (κ2) is 12.1. The van der Waals surface area contributed by atoms with Gasteiger partial charge in [0.25, 0.3) is 0 Å². The molecule has 0 amide bonds. The summed E-state index contributed by atoms with van der Waals surface area (Å²) in [4.78, 5) is 9.92. The number of nitrogens with one attached hydrogen (secondary N) is 2. The van der Waals surface area contributed by atoms with Gasteiger partial charge in [-0.15, -0.1) is 35.3 Å². The van der Waals surface area contributed by atoms with Crippen LogP contribution in [0.25, 0.3) is 0 Å². The first kappa shape index (κ1) is 22.7. The fourth-order valence-corrected chi connectivity index (χ4v) is 3.06. The van der Waals surface area contributed by atoms with Gasteiger partial charge in [-0.2, -0.15) is 0 Å². The number of nitrogens with zero attached hydrogens (tertiary/aromatic N) is 2. The summed E-state index contributed by atoms with van der Waals surface area (Å²) in [6.07, 6.45) is 2.97. The van der Waals surface area contributed by atoms with E-state index in [1.807, 2.05) is 18.3 Å². The average molecular weight is 488 g/mol. The predicted molar refractivity (Wildman–Crippen MR) is 121 cm³/mol. The normalized spacial score (nSPS) is 11.2. The van der Waals surface area contributed by atoms with E-state index in [0.29, 0.717) is 25.6 Å². The Kier molecular flexibility index (Phi) is 10.6. The van der Waals surface area contributed by atoms with Crippen LogP contribution in [0.4, 0.5) is 0 Å². The van der Waals surface area contributed by atoms with Crippen LogP contribution in [0.1, 0.15) is 42.1 Å². The Balaban J connectivity index is 0.00000338. The van der Waals surface area contributed by atoms with Gasteiger partial charge in [-0.05, 0) is 30.0 Å². The van der Waals surface area contributed by atoms with E-state index in [1.165, 1.54) is 10.4 Å². The molecule has 1 heterocycles. The van der Waals surface area contributed by atoms with Crippen molar-refractivity contribution >= 4 is 41.3 Å². The Morgan fingerprint density at radius 3 is 2.54 bits per heavy atom. The van der Waals surface area contributed by atoms with Crippen LogP contribution in [0.3, 0.4) is 0 Å². The molecule has 2 N–H and O–H groups in total. The summed E-state index contributed by atoms with van der Waals surface area (Å²) in [7, 11) is 1.76. The summed E-state index contributed by atoms with van der Waals surface area (Å²) < 4.78 is 5.76. The van der Waals surface area contributed by atoms with E-state index in [2.05, 4.69) is 53.5 Å². The second-order valence-electron chi connectivity index (χ2n) is 6.00. The fraction of sp³-hybridized carbons (Fsp3) is 0.474. The van der Waals surface area contributed by atoms with Crippen LogP contribution in [-0.4, -0.2) is 31.1 Å². The van der Waals surface area contributed by atoms with Gasteiger partial charge in [0.15, 0.2) is 5.96 Å². The summed E-state index contributed by atoms with van der Waals surface area (Å²) in [6.45, 7) is 8.46. The number of hydrogen-bond acceptors (Lipinski definition) is 4. The Bertz CT molecular complexity index is 670. The molecule has 1 aromatic carbocycles. The highest BCUT2D eigenvalue weighted by atomic mass is 127. The maximum Gasteiger partial charge on any atom is 0.191 e. The summed E-state index contributed by atoms with van der Waals surface area (Å²) in [5, 5.41) is 7.59. The highest BCUT2D eigenvalue weighted by molar-refractivity contribution is 14.0. The molecule has 2 aromatic rings. The lowest BCUT2D eigenvalue weighted by molar-refractivity contribution is 0.322. The van der Waals surface area contributed by atoms with Crippen molar-refractivity contribution in [3.8, 4) is 5.75 Å². The minimum Gasteiger partial charge on any atom is -0.492 e. The number of aliphatic imine (C=N–C) groups is 1. The van der Waals surface area contributed by atoms with Crippen LogP contribution in [0.2, 0.25) is 0 Å². The molecule has 0 radical (unpaired) electrons. The highest BCUT2D eigenvalue weighted by Crippen LogP contribution is 2.18. The zero-order valence-corrected chi connectivity index (χ0v) is 19.1. The molecule has 7 heteroatoms. The zero-order chi connectivity index (χ0) is 18.1. The van der Waals surface area contributed by atoms with Gasteiger partial charge in [-0.1, -0.05) is 32.9 Å². The van der Waals surface area contributed by atoms with Crippen molar-refractivity contribution in [3.05, 3.63) is 45.9 Å². The van der Waals surface area contributed by atoms with Crippen LogP contribution >= 0.6 is 35.3 Å². The third kappa shape index (κ3) is 7.49. The molecular weight excluding hydrogens is 459 g/mol. The smallest absolute Gasteiger partial charge is 0.191 e. The van der Waals surface area contributed by atoms with Gasteiger partial charge in [-0.3, -0.25) is 4.99 Å². The molecule has 5 nitrogen and oxygen atoms in total. The Labute approximate surface area is 177 Å². The van der Waals surface area contributed by atoms with Crippen molar-refractivity contribution < 1.29 is 4.74 Å². The monoisotopic (exact) mass is 488 g/mol. The van der Waals surface area contributed by atoms with Gasteiger partial charge in [0.05, 0.1) is 13.1 Å². The first-order valence-corrected chi connectivity index (χ1v) is 9.54. The summed E-state index contributed by atoms with van der Waals surface area (Å²) in [6, 6.07) is 8.28. The number of aromatic nitrogens is 1. The SMILES string of the molecule is CCc1cnc(CNC(=NC)NCCOc2ccc(C(C)C)cc2)s1.I. The van der Waals surface area contributed by atoms with Crippen molar-refractivity contribution in [1.82, 2.24) is 15.6 Å². The van der Waals surface area contributed by atoms with Gasteiger partial charge in [0, 0.05) is 18.1 Å². The number of halogens is 1. The summed E-state index contributed by atoms with van der Waals surface area (Å²) >= 11 is 1.73. The standard InChI is InChI=1S/C19H28N4OS.HI/c1-5-17-12-22-18(25-17)13-23-19(20-4)21-10-11-24-16-8-6-15(7-9-16)14(2)3;/h6-9,12,14H,5,10-11,13H2,1-4H3,(H2,20,21,23);1H. The van der Waals surface area contributed by atoms with E-state index in [0.717, 1.165) is 23.1 Å². The lowest BCUT2D eigenvalue weighted by Crippen LogP contribution is -2.38. The number of aryl methyl sites for hydroxylation is 1. The number of benzene rings is 1. The van der Waals surface area contributed by atoms with Crippen molar-refractivity contribution in [1.29, 1.82) is 0 Å². The quantitative estimate of drug-likeness (QED) is 0.253. The molecule has 0 fully saturated rings. The van der Waals surface area contributed by atoms with Gasteiger partial charge >= 0.3 is 0 Å². The Morgan fingerprint density at radius 2 is 1.96 bits per heavy atom. The molecule has 0 saturated carbocycles. The second-order valence-corrected chi connectivity index (χ2v) is 7.20. The van der Waals surface area contributed by atoms with Gasteiger partial charge in [0.1, 0.15) is 17.4 Å². The van der Waals surface area contributed by atoms with Crippen LogP contribution in [0, 0.1) is 0 Å². The third-order valence-corrected chi connectivity index (χ3v) is 4.93. The zero-order valence-electron chi connectivity index (χ0n) is 15.9. The summed E-state index contributed by atoms with van der Waals surface area (Å²) in [5.41, 5.74) is 1.32. The number of ether oxygens (including phenoxy) is 1. The van der Waals surface area contributed by atoms with E-state index in [4.69, 9.17) is 4.74 Å². The highest BCUT2D eigenvalue weighted by Gasteiger charge is 2.03. The number of hydrogen-bond donors (Lipinski definition) is 2. The number of guanidine groups is 1. The van der Waals surface area contributed by atoms with Crippen molar-refractivity contribution in [2.24, 2.45) is 4.99 Å². The van der Waals surface area contributed by atoms with E-state index in [1.54, 1.807) is 18.4 Å². The first-order valence-electron chi connectivity index (χ1n) is 8.73. The van der Waals surface area contributed by atoms with E-state index >= 15 is 0 Å². The maximum absolute atomic E-state index is 5.76. The molecule has 26 heavy (non-hydrogen) atoms. The van der Waals surface area contributed by atoms with Gasteiger partial charge < -0.3 is 15.4 Å². The average Bonchev–Trinajstić information content (AvgIpc) is 3.09.